The Morgan fingerprint density at radius 3 is 2.33 bits per heavy atom. The molecule has 0 saturated carbocycles. The number of ketones is 1. The van der Waals surface area contributed by atoms with Gasteiger partial charge in [0.1, 0.15) is 5.15 Å². The maximum Gasteiger partial charge on any atom is 0.185 e. The average Bonchev–Trinajstić information content (AvgIpc) is 2.67. The van der Waals surface area contributed by atoms with Crippen LogP contribution in [0.3, 0.4) is 0 Å². The average molecular weight is 423 g/mol. The van der Waals surface area contributed by atoms with Crippen LogP contribution in [-0.4, -0.2) is 25.0 Å². The zero-order valence-electron chi connectivity index (χ0n) is 14.4. The van der Waals surface area contributed by atoms with Crippen molar-refractivity contribution in [2.45, 2.75) is 0 Å². The molecule has 3 rings (SSSR count). The summed E-state index contributed by atoms with van der Waals surface area (Å²) in [6, 6.07) is 10.1. The first-order chi connectivity index (χ1) is 12.9. The maximum absolute atomic E-state index is 12.4. The van der Waals surface area contributed by atoms with E-state index in [9.17, 15) is 4.79 Å². The molecule has 0 amide bonds. The van der Waals surface area contributed by atoms with Gasteiger partial charge in [0, 0.05) is 22.6 Å². The van der Waals surface area contributed by atoms with Gasteiger partial charge >= 0.3 is 0 Å². The fraction of sp³-hybridized carbons (Fsp3) is 0.100. The third-order valence-electron chi connectivity index (χ3n) is 3.92. The summed E-state index contributed by atoms with van der Waals surface area (Å²) in [6.07, 6.45) is 3.02. The summed E-state index contributed by atoms with van der Waals surface area (Å²) < 4.78 is 10.6. The second-order valence-electron chi connectivity index (χ2n) is 5.59. The highest BCUT2D eigenvalue weighted by molar-refractivity contribution is 6.42. The number of rotatable bonds is 5. The largest absolute Gasteiger partial charge is 0.493 e. The van der Waals surface area contributed by atoms with Crippen LogP contribution in [-0.2, 0) is 0 Å². The van der Waals surface area contributed by atoms with Crippen LogP contribution in [0, 0.1) is 0 Å². The van der Waals surface area contributed by atoms with Crippen molar-refractivity contribution < 1.29 is 14.3 Å². The van der Waals surface area contributed by atoms with E-state index in [-0.39, 0.29) is 10.9 Å². The quantitative estimate of drug-likeness (QED) is 0.283. The molecule has 0 aliphatic carbocycles. The summed E-state index contributed by atoms with van der Waals surface area (Å²) in [5.74, 6) is 0.916. The van der Waals surface area contributed by atoms with Crippen molar-refractivity contribution in [2.75, 3.05) is 14.2 Å². The van der Waals surface area contributed by atoms with E-state index in [0.717, 1.165) is 5.39 Å². The van der Waals surface area contributed by atoms with E-state index in [0.29, 0.717) is 38.2 Å². The SMILES string of the molecule is COc1cc2cc(/C=C/C(=O)c3ccc(Cl)c(Cl)c3)c(Cl)nc2cc1OC. The highest BCUT2D eigenvalue weighted by Gasteiger charge is 2.10. The minimum atomic E-state index is -0.225. The molecule has 0 spiro atoms. The predicted octanol–water partition coefficient (Wildman–Crippen LogP) is 6.11. The molecule has 2 aromatic carbocycles. The molecule has 0 atom stereocenters. The standard InChI is InChI=1S/C20H14Cl3NO3/c1-26-18-9-13-7-12(20(23)24-16(13)10-19(18)27-2)4-6-17(25)11-3-5-14(21)15(22)8-11/h3-10H,1-2H3/b6-4+. The number of pyridine rings is 1. The molecule has 138 valence electrons. The normalized spacial score (nSPS) is 11.1. The number of hydrogen-bond acceptors (Lipinski definition) is 4. The monoisotopic (exact) mass is 421 g/mol. The molecule has 0 N–H and O–H groups in total. The lowest BCUT2D eigenvalue weighted by Gasteiger charge is -2.09. The third-order valence-corrected chi connectivity index (χ3v) is 4.96. The number of carbonyl (C=O) groups excluding carboxylic acids is 1. The summed E-state index contributed by atoms with van der Waals surface area (Å²) in [5, 5.41) is 1.79. The molecule has 0 aliphatic rings. The van der Waals surface area contributed by atoms with Gasteiger partial charge in [0.25, 0.3) is 0 Å². The molecule has 0 aliphatic heterocycles. The van der Waals surface area contributed by atoms with Crippen LogP contribution in [0.15, 0.2) is 42.5 Å². The Bertz CT molecular complexity index is 1060. The van der Waals surface area contributed by atoms with Gasteiger partial charge in [0.15, 0.2) is 17.3 Å². The smallest absolute Gasteiger partial charge is 0.185 e. The van der Waals surface area contributed by atoms with Crippen LogP contribution < -0.4 is 9.47 Å². The number of fused-ring (bicyclic) bond motifs is 1. The fourth-order valence-corrected chi connectivity index (χ4v) is 3.03. The van der Waals surface area contributed by atoms with E-state index in [4.69, 9.17) is 44.3 Å². The minimum absolute atomic E-state index is 0.225. The number of halogens is 3. The molecule has 0 saturated heterocycles. The molecule has 0 unspecified atom stereocenters. The van der Waals surface area contributed by atoms with Crippen molar-refractivity contribution in [1.29, 1.82) is 0 Å². The number of hydrogen-bond donors (Lipinski definition) is 0. The fourth-order valence-electron chi connectivity index (χ4n) is 2.52. The highest BCUT2D eigenvalue weighted by atomic mass is 35.5. The van der Waals surface area contributed by atoms with Crippen molar-refractivity contribution in [2.24, 2.45) is 0 Å². The molecule has 0 radical (unpaired) electrons. The van der Waals surface area contributed by atoms with Crippen LogP contribution in [0.1, 0.15) is 15.9 Å². The number of allylic oxidation sites excluding steroid dienone is 1. The van der Waals surface area contributed by atoms with E-state index in [1.54, 1.807) is 44.6 Å². The summed E-state index contributed by atoms with van der Waals surface area (Å²) in [4.78, 5) is 16.7. The van der Waals surface area contributed by atoms with Gasteiger partial charge in [0.2, 0.25) is 0 Å². The zero-order chi connectivity index (χ0) is 19.6. The van der Waals surface area contributed by atoms with E-state index >= 15 is 0 Å². The van der Waals surface area contributed by atoms with E-state index in [2.05, 4.69) is 4.98 Å². The molecular weight excluding hydrogens is 409 g/mol. The lowest BCUT2D eigenvalue weighted by Crippen LogP contribution is -1.95. The van der Waals surface area contributed by atoms with E-state index < -0.39 is 0 Å². The Labute approximate surface area is 171 Å². The van der Waals surface area contributed by atoms with Crippen molar-refractivity contribution in [3.8, 4) is 11.5 Å². The van der Waals surface area contributed by atoms with Gasteiger partial charge in [-0.05, 0) is 42.5 Å². The third kappa shape index (κ3) is 4.19. The Morgan fingerprint density at radius 2 is 1.67 bits per heavy atom. The van der Waals surface area contributed by atoms with E-state index in [1.807, 2.05) is 6.07 Å². The van der Waals surface area contributed by atoms with Gasteiger partial charge in [0.05, 0.1) is 29.8 Å². The Kier molecular flexibility index (Phi) is 5.90. The van der Waals surface area contributed by atoms with Crippen molar-refractivity contribution >= 4 is 57.6 Å². The first kappa shape index (κ1) is 19.5. The van der Waals surface area contributed by atoms with Crippen LogP contribution in [0.2, 0.25) is 15.2 Å². The van der Waals surface area contributed by atoms with Crippen LogP contribution >= 0.6 is 34.8 Å². The Hall–Kier alpha value is -2.27. The second kappa shape index (κ2) is 8.17. The topological polar surface area (TPSA) is 48.4 Å². The van der Waals surface area contributed by atoms with Crippen molar-refractivity contribution in [1.82, 2.24) is 4.98 Å². The first-order valence-corrected chi connectivity index (χ1v) is 8.96. The molecule has 7 heteroatoms. The number of carbonyl (C=O) groups is 1. The predicted molar refractivity (Wildman–Crippen MR) is 110 cm³/mol. The minimum Gasteiger partial charge on any atom is -0.493 e. The highest BCUT2D eigenvalue weighted by Crippen LogP contribution is 2.33. The number of nitrogens with zero attached hydrogens (tertiary/aromatic N) is 1. The molecule has 27 heavy (non-hydrogen) atoms. The van der Waals surface area contributed by atoms with Crippen molar-refractivity contribution in [3.05, 3.63) is 68.8 Å². The number of methoxy groups -OCH3 is 2. The Morgan fingerprint density at radius 1 is 0.963 bits per heavy atom. The molecule has 1 aromatic heterocycles. The zero-order valence-corrected chi connectivity index (χ0v) is 16.7. The Balaban J connectivity index is 1.96. The summed E-state index contributed by atoms with van der Waals surface area (Å²) in [5.41, 5.74) is 1.69. The molecule has 3 aromatic rings. The number of ether oxygens (including phenoxy) is 2. The molecule has 0 fully saturated rings. The van der Waals surface area contributed by atoms with Gasteiger partial charge in [-0.15, -0.1) is 0 Å². The van der Waals surface area contributed by atoms with Gasteiger partial charge in [-0.3, -0.25) is 4.79 Å². The summed E-state index contributed by atoms with van der Waals surface area (Å²) in [7, 11) is 3.11. The van der Waals surface area contributed by atoms with Gasteiger partial charge in [-0.25, -0.2) is 4.98 Å². The first-order valence-electron chi connectivity index (χ1n) is 7.82. The molecule has 4 nitrogen and oxygen atoms in total. The number of benzene rings is 2. The van der Waals surface area contributed by atoms with Gasteiger partial charge < -0.3 is 9.47 Å². The second-order valence-corrected chi connectivity index (χ2v) is 6.77. The molecule has 1 heterocycles. The molecular formula is C20H14Cl3NO3. The van der Waals surface area contributed by atoms with Crippen LogP contribution in [0.4, 0.5) is 0 Å². The van der Waals surface area contributed by atoms with Crippen LogP contribution in [0.5, 0.6) is 11.5 Å². The van der Waals surface area contributed by atoms with Gasteiger partial charge in [-0.2, -0.15) is 0 Å². The van der Waals surface area contributed by atoms with E-state index in [1.165, 1.54) is 12.1 Å². The van der Waals surface area contributed by atoms with Crippen molar-refractivity contribution in [3.63, 3.8) is 0 Å². The molecule has 0 bridgehead atoms. The summed E-state index contributed by atoms with van der Waals surface area (Å²) >= 11 is 18.1. The maximum atomic E-state index is 12.4. The summed E-state index contributed by atoms with van der Waals surface area (Å²) in [6.45, 7) is 0. The number of aromatic nitrogens is 1. The lowest BCUT2D eigenvalue weighted by atomic mass is 10.1. The van der Waals surface area contributed by atoms with Gasteiger partial charge in [-0.1, -0.05) is 34.8 Å². The van der Waals surface area contributed by atoms with Crippen LogP contribution in [0.25, 0.3) is 17.0 Å². The lowest BCUT2D eigenvalue weighted by molar-refractivity contribution is 0.104.